The summed E-state index contributed by atoms with van der Waals surface area (Å²) in [6.07, 6.45) is 3.36. The molecule has 0 N–H and O–H groups in total. The minimum Gasteiger partial charge on any atom is -0.454 e. The van der Waals surface area contributed by atoms with Crippen LogP contribution in [0.25, 0.3) is 22.6 Å². The predicted octanol–water partition coefficient (Wildman–Crippen LogP) is 4.86. The lowest BCUT2D eigenvalue weighted by molar-refractivity contribution is 0.0229. The zero-order chi connectivity index (χ0) is 25.8. The zero-order valence-corrected chi connectivity index (χ0v) is 20.1. The number of carbonyl (C=O) groups is 3. The third kappa shape index (κ3) is 3.45. The predicted molar refractivity (Wildman–Crippen MR) is 138 cm³/mol. The molecule has 0 fully saturated rings. The minimum absolute atomic E-state index is 0.206. The van der Waals surface area contributed by atoms with Gasteiger partial charge in [0.25, 0.3) is 11.8 Å². The average Bonchev–Trinajstić information content (AvgIpc) is 3.63. The molecule has 0 saturated heterocycles. The molecule has 0 atom stereocenters. The van der Waals surface area contributed by atoms with Gasteiger partial charge in [-0.25, -0.2) is 14.7 Å². The number of para-hydroxylation sites is 1. The zero-order valence-electron chi connectivity index (χ0n) is 20.1. The van der Waals surface area contributed by atoms with E-state index >= 15 is 0 Å². The second-order valence-electron chi connectivity index (χ2n) is 9.26. The van der Waals surface area contributed by atoms with E-state index in [0.29, 0.717) is 51.9 Å². The van der Waals surface area contributed by atoms with Crippen LogP contribution >= 0.6 is 0 Å². The minimum atomic E-state index is -0.597. The van der Waals surface area contributed by atoms with Gasteiger partial charge >= 0.3 is 5.97 Å². The van der Waals surface area contributed by atoms with Crippen molar-refractivity contribution in [2.45, 2.75) is 12.8 Å². The standard InChI is InChI=1S/C30H20N2O6/c33-28-19-5-1-2-6-20(19)29(34)32(28)15-36-30(35)26-21-7-3-4-8-23(21)31-27-18(10-11-22(26)27)13-17-9-12-24-25(14-17)38-16-37-24/h1-9,12-14H,10-11,15-16H2/b18-13-. The van der Waals surface area contributed by atoms with Gasteiger partial charge < -0.3 is 14.2 Å². The second-order valence-corrected chi connectivity index (χ2v) is 9.26. The number of hydrogen-bond donors (Lipinski definition) is 0. The number of amides is 2. The fourth-order valence-electron chi connectivity index (χ4n) is 5.27. The number of benzene rings is 3. The number of ether oxygens (including phenoxy) is 3. The Kier molecular flexibility index (Phi) is 5.00. The maximum absolute atomic E-state index is 13.5. The molecule has 8 heteroatoms. The SMILES string of the molecule is O=C(OCN1C(=O)c2ccccc2C1=O)c1c2c(nc3ccccc13)/C(=C\c1ccc3c(c1)OCO3)CC2. The molecular weight excluding hydrogens is 484 g/mol. The topological polar surface area (TPSA) is 95.0 Å². The number of pyridine rings is 1. The second kappa shape index (κ2) is 8.55. The van der Waals surface area contributed by atoms with E-state index in [1.807, 2.05) is 48.5 Å². The lowest BCUT2D eigenvalue weighted by atomic mass is 10.0. The Morgan fingerprint density at radius 1 is 0.921 bits per heavy atom. The van der Waals surface area contributed by atoms with E-state index in [1.54, 1.807) is 24.3 Å². The highest BCUT2D eigenvalue weighted by Crippen LogP contribution is 2.39. The molecule has 0 saturated carbocycles. The molecule has 38 heavy (non-hydrogen) atoms. The number of aromatic nitrogens is 1. The Morgan fingerprint density at radius 3 is 2.47 bits per heavy atom. The van der Waals surface area contributed by atoms with E-state index in [0.717, 1.165) is 27.3 Å². The molecule has 2 aliphatic heterocycles. The molecular formula is C30H20N2O6. The summed E-state index contributed by atoms with van der Waals surface area (Å²) in [5, 5.41) is 0.669. The van der Waals surface area contributed by atoms with Crippen LogP contribution in [0.5, 0.6) is 11.5 Å². The molecule has 0 unspecified atom stereocenters. The molecule has 3 aromatic carbocycles. The van der Waals surface area contributed by atoms with Crippen LogP contribution in [0, 0.1) is 0 Å². The molecule has 0 bridgehead atoms. The molecule has 3 aliphatic rings. The lowest BCUT2D eigenvalue weighted by Crippen LogP contribution is -2.33. The summed E-state index contributed by atoms with van der Waals surface area (Å²) in [4.78, 5) is 44.8. The fraction of sp³-hybridized carbons (Fsp3) is 0.133. The summed E-state index contributed by atoms with van der Waals surface area (Å²) < 4.78 is 16.5. The van der Waals surface area contributed by atoms with Crippen molar-refractivity contribution in [1.82, 2.24) is 9.88 Å². The first kappa shape index (κ1) is 22.2. The van der Waals surface area contributed by atoms with Gasteiger partial charge in [-0.05, 0) is 65.9 Å². The van der Waals surface area contributed by atoms with E-state index < -0.39 is 24.5 Å². The average molecular weight is 504 g/mol. The van der Waals surface area contributed by atoms with Gasteiger partial charge in [0.15, 0.2) is 18.2 Å². The maximum Gasteiger partial charge on any atom is 0.340 e. The van der Waals surface area contributed by atoms with E-state index in [1.165, 1.54) is 0 Å². The number of carbonyl (C=O) groups excluding carboxylic acids is 3. The number of esters is 1. The van der Waals surface area contributed by atoms with Gasteiger partial charge in [-0.2, -0.15) is 0 Å². The van der Waals surface area contributed by atoms with Crippen LogP contribution in [-0.4, -0.2) is 41.2 Å². The highest BCUT2D eigenvalue weighted by molar-refractivity contribution is 6.21. The van der Waals surface area contributed by atoms with Crippen LogP contribution < -0.4 is 9.47 Å². The highest BCUT2D eigenvalue weighted by atomic mass is 16.7. The Morgan fingerprint density at radius 2 is 1.66 bits per heavy atom. The van der Waals surface area contributed by atoms with Crippen molar-refractivity contribution in [2.75, 3.05) is 13.5 Å². The van der Waals surface area contributed by atoms with Gasteiger partial charge in [0, 0.05) is 5.39 Å². The van der Waals surface area contributed by atoms with E-state index in [9.17, 15) is 14.4 Å². The smallest absolute Gasteiger partial charge is 0.340 e. The number of nitrogens with zero attached hydrogens (tertiary/aromatic N) is 2. The summed E-state index contributed by atoms with van der Waals surface area (Å²) >= 11 is 0. The van der Waals surface area contributed by atoms with Crippen LogP contribution in [0.2, 0.25) is 0 Å². The van der Waals surface area contributed by atoms with Gasteiger partial charge in [-0.1, -0.05) is 36.4 Å². The number of rotatable bonds is 4. The van der Waals surface area contributed by atoms with Gasteiger partial charge in [0.05, 0.1) is 27.9 Å². The van der Waals surface area contributed by atoms with Crippen LogP contribution in [0.1, 0.15) is 54.3 Å². The molecule has 0 spiro atoms. The van der Waals surface area contributed by atoms with Crippen molar-refractivity contribution in [3.05, 3.63) is 100 Å². The van der Waals surface area contributed by atoms with Gasteiger partial charge in [-0.15, -0.1) is 0 Å². The number of fused-ring (bicyclic) bond motifs is 4. The molecule has 8 nitrogen and oxygen atoms in total. The maximum atomic E-state index is 13.5. The van der Waals surface area contributed by atoms with Gasteiger partial charge in [0.1, 0.15) is 0 Å². The van der Waals surface area contributed by atoms with Crippen LogP contribution in [0.3, 0.4) is 0 Å². The quantitative estimate of drug-likeness (QED) is 0.289. The van der Waals surface area contributed by atoms with Crippen molar-refractivity contribution < 1.29 is 28.6 Å². The lowest BCUT2D eigenvalue weighted by Gasteiger charge is -2.16. The molecule has 1 aromatic heterocycles. The van der Waals surface area contributed by atoms with Crippen molar-refractivity contribution in [2.24, 2.45) is 0 Å². The fourth-order valence-corrected chi connectivity index (χ4v) is 5.27. The largest absolute Gasteiger partial charge is 0.454 e. The number of hydrogen-bond acceptors (Lipinski definition) is 7. The van der Waals surface area contributed by atoms with Gasteiger partial charge in [0.2, 0.25) is 6.79 Å². The van der Waals surface area contributed by atoms with Crippen molar-refractivity contribution in [1.29, 1.82) is 0 Å². The van der Waals surface area contributed by atoms with Gasteiger partial charge in [-0.3, -0.25) is 9.59 Å². The molecule has 3 heterocycles. The molecule has 1 aliphatic carbocycles. The Labute approximate surface area is 217 Å². The third-order valence-electron chi connectivity index (χ3n) is 7.09. The van der Waals surface area contributed by atoms with Crippen molar-refractivity contribution in [3.63, 3.8) is 0 Å². The Bertz CT molecular complexity index is 1690. The Hall–Kier alpha value is -4.98. The number of imide groups is 1. The van der Waals surface area contributed by atoms with Crippen LogP contribution in [-0.2, 0) is 11.2 Å². The summed E-state index contributed by atoms with van der Waals surface area (Å²) in [5.74, 6) is -0.136. The molecule has 0 radical (unpaired) electrons. The normalized spacial score (nSPS) is 16.3. The summed E-state index contributed by atoms with van der Waals surface area (Å²) in [6.45, 7) is -0.256. The highest BCUT2D eigenvalue weighted by Gasteiger charge is 2.36. The van der Waals surface area contributed by atoms with E-state index in [2.05, 4.69) is 0 Å². The summed E-state index contributed by atoms with van der Waals surface area (Å²) in [6, 6.07) is 19.7. The number of allylic oxidation sites excluding steroid dienone is 1. The summed E-state index contributed by atoms with van der Waals surface area (Å²) in [5.41, 5.74) is 5.18. The van der Waals surface area contributed by atoms with Crippen LogP contribution in [0.15, 0.2) is 66.7 Å². The van der Waals surface area contributed by atoms with E-state index in [4.69, 9.17) is 19.2 Å². The summed E-state index contributed by atoms with van der Waals surface area (Å²) in [7, 11) is 0. The van der Waals surface area contributed by atoms with Crippen LogP contribution in [0.4, 0.5) is 0 Å². The Balaban J connectivity index is 1.22. The first-order valence-corrected chi connectivity index (χ1v) is 12.2. The van der Waals surface area contributed by atoms with Crippen molar-refractivity contribution in [3.8, 4) is 11.5 Å². The molecule has 186 valence electrons. The van der Waals surface area contributed by atoms with Crippen molar-refractivity contribution >= 4 is 40.3 Å². The first-order valence-electron chi connectivity index (χ1n) is 12.2. The van der Waals surface area contributed by atoms with E-state index in [-0.39, 0.29) is 6.79 Å². The molecule has 7 rings (SSSR count). The molecule has 4 aromatic rings. The first-order chi connectivity index (χ1) is 18.6. The third-order valence-corrected chi connectivity index (χ3v) is 7.09. The molecule has 2 amide bonds. The monoisotopic (exact) mass is 504 g/mol.